The van der Waals surface area contributed by atoms with Gasteiger partial charge in [0, 0.05) is 13.1 Å². The minimum absolute atomic E-state index is 0.637. The third-order valence-corrected chi connectivity index (χ3v) is 4.45. The van der Waals surface area contributed by atoms with Crippen molar-refractivity contribution in [2.75, 3.05) is 18.0 Å². The van der Waals surface area contributed by atoms with Crippen LogP contribution in [0.2, 0.25) is 5.02 Å². The van der Waals surface area contributed by atoms with Gasteiger partial charge in [0.2, 0.25) is 0 Å². The number of nitriles is 1. The molecule has 1 saturated carbocycles. The van der Waals surface area contributed by atoms with Crippen molar-refractivity contribution in [3.8, 4) is 6.07 Å². The number of fused-ring (bicyclic) bond motifs is 1. The summed E-state index contributed by atoms with van der Waals surface area (Å²) in [4.78, 5) is 2.39. The summed E-state index contributed by atoms with van der Waals surface area (Å²) in [6, 6.07) is 7.74. The molecule has 3 heteroatoms. The Morgan fingerprint density at radius 2 is 1.94 bits per heavy atom. The lowest BCUT2D eigenvalue weighted by Crippen LogP contribution is -2.20. The SMILES string of the molecule is N#Cc1ccc(N2CC3CCCC3C2)c(Cl)c1. The Balaban J connectivity index is 1.84. The van der Waals surface area contributed by atoms with Crippen molar-refractivity contribution >= 4 is 17.3 Å². The molecular formula is C14H15ClN2. The van der Waals surface area contributed by atoms with E-state index in [-0.39, 0.29) is 0 Å². The first-order valence-corrected chi connectivity index (χ1v) is 6.60. The number of anilines is 1. The molecular weight excluding hydrogens is 232 g/mol. The van der Waals surface area contributed by atoms with Crippen LogP contribution in [0, 0.1) is 23.2 Å². The van der Waals surface area contributed by atoms with Crippen molar-refractivity contribution in [2.45, 2.75) is 19.3 Å². The lowest BCUT2D eigenvalue weighted by atomic mass is 10.0. The molecule has 0 spiro atoms. The predicted molar refractivity (Wildman–Crippen MR) is 69.2 cm³/mol. The second kappa shape index (κ2) is 4.23. The lowest BCUT2D eigenvalue weighted by molar-refractivity contribution is 0.494. The maximum atomic E-state index is 8.83. The van der Waals surface area contributed by atoms with Crippen molar-refractivity contribution in [2.24, 2.45) is 11.8 Å². The molecule has 2 aliphatic rings. The van der Waals surface area contributed by atoms with Gasteiger partial charge < -0.3 is 4.90 Å². The van der Waals surface area contributed by atoms with Crippen LogP contribution < -0.4 is 4.90 Å². The summed E-state index contributed by atoms with van der Waals surface area (Å²) >= 11 is 6.25. The zero-order valence-corrected chi connectivity index (χ0v) is 10.5. The molecule has 1 aromatic rings. The van der Waals surface area contributed by atoms with Crippen LogP contribution in [0.4, 0.5) is 5.69 Å². The molecule has 1 aliphatic heterocycles. The Morgan fingerprint density at radius 1 is 1.24 bits per heavy atom. The minimum atomic E-state index is 0.637. The van der Waals surface area contributed by atoms with Gasteiger partial charge in [-0.15, -0.1) is 0 Å². The van der Waals surface area contributed by atoms with Crippen LogP contribution in [0.5, 0.6) is 0 Å². The van der Waals surface area contributed by atoms with Gasteiger partial charge in [-0.05, 0) is 42.9 Å². The van der Waals surface area contributed by atoms with Crippen LogP contribution >= 0.6 is 11.6 Å². The fourth-order valence-corrected chi connectivity index (χ4v) is 3.56. The van der Waals surface area contributed by atoms with Crippen molar-refractivity contribution in [3.63, 3.8) is 0 Å². The standard InChI is InChI=1S/C14H15ClN2/c15-13-6-10(7-16)4-5-14(13)17-8-11-2-1-3-12(11)9-17/h4-6,11-12H,1-3,8-9H2. The maximum Gasteiger partial charge on any atom is 0.0992 e. The van der Waals surface area contributed by atoms with Crippen LogP contribution in [0.25, 0.3) is 0 Å². The van der Waals surface area contributed by atoms with Crippen molar-refractivity contribution < 1.29 is 0 Å². The Hall–Kier alpha value is -1.20. The molecule has 88 valence electrons. The fraction of sp³-hybridized carbons (Fsp3) is 0.500. The van der Waals surface area contributed by atoms with Crippen LogP contribution in [0.15, 0.2) is 18.2 Å². The number of rotatable bonds is 1. The third kappa shape index (κ3) is 1.89. The average molecular weight is 247 g/mol. The highest BCUT2D eigenvalue weighted by Crippen LogP contribution is 2.41. The molecule has 1 aliphatic carbocycles. The number of nitrogens with zero attached hydrogens (tertiary/aromatic N) is 2. The summed E-state index contributed by atoms with van der Waals surface area (Å²) in [6.07, 6.45) is 4.13. The highest BCUT2D eigenvalue weighted by Gasteiger charge is 2.36. The molecule has 3 rings (SSSR count). The molecule has 0 bridgehead atoms. The fourth-order valence-electron chi connectivity index (χ4n) is 3.26. The second-order valence-corrected chi connectivity index (χ2v) is 5.54. The normalized spacial score (nSPS) is 26.9. The maximum absolute atomic E-state index is 8.83. The summed E-state index contributed by atoms with van der Waals surface area (Å²) in [6.45, 7) is 2.27. The van der Waals surface area contributed by atoms with Crippen LogP contribution in [-0.2, 0) is 0 Å². The van der Waals surface area contributed by atoms with Gasteiger partial charge in [-0.3, -0.25) is 0 Å². The molecule has 17 heavy (non-hydrogen) atoms. The summed E-state index contributed by atoms with van der Waals surface area (Å²) in [5, 5.41) is 9.54. The minimum Gasteiger partial charge on any atom is -0.370 e. The van der Waals surface area contributed by atoms with Gasteiger partial charge in [0.15, 0.2) is 0 Å². The molecule has 2 atom stereocenters. The van der Waals surface area contributed by atoms with E-state index >= 15 is 0 Å². The van der Waals surface area contributed by atoms with E-state index in [1.807, 2.05) is 12.1 Å². The lowest BCUT2D eigenvalue weighted by Gasteiger charge is -2.20. The first-order valence-electron chi connectivity index (χ1n) is 6.22. The van der Waals surface area contributed by atoms with E-state index in [1.165, 1.54) is 19.3 Å². The Labute approximate surface area is 107 Å². The topological polar surface area (TPSA) is 27.0 Å². The first kappa shape index (κ1) is 10.9. The quantitative estimate of drug-likeness (QED) is 0.759. The van der Waals surface area contributed by atoms with Crippen LogP contribution in [0.1, 0.15) is 24.8 Å². The zero-order chi connectivity index (χ0) is 11.8. The van der Waals surface area contributed by atoms with Gasteiger partial charge in [-0.1, -0.05) is 18.0 Å². The van der Waals surface area contributed by atoms with Gasteiger partial charge in [0.1, 0.15) is 0 Å². The number of hydrogen-bond donors (Lipinski definition) is 0. The van der Waals surface area contributed by atoms with E-state index in [0.29, 0.717) is 10.6 Å². The van der Waals surface area contributed by atoms with E-state index in [0.717, 1.165) is 30.6 Å². The van der Waals surface area contributed by atoms with E-state index in [1.54, 1.807) is 6.07 Å². The van der Waals surface area contributed by atoms with Crippen molar-refractivity contribution in [1.82, 2.24) is 0 Å². The molecule has 2 unspecified atom stereocenters. The Bertz CT molecular complexity index is 466. The summed E-state index contributed by atoms with van der Waals surface area (Å²) in [5.74, 6) is 1.73. The molecule has 2 fully saturated rings. The predicted octanol–water partition coefficient (Wildman–Crippen LogP) is 3.45. The highest BCUT2D eigenvalue weighted by atomic mass is 35.5. The van der Waals surface area contributed by atoms with Crippen LogP contribution in [0.3, 0.4) is 0 Å². The number of halogens is 1. The van der Waals surface area contributed by atoms with Crippen LogP contribution in [-0.4, -0.2) is 13.1 Å². The van der Waals surface area contributed by atoms with Gasteiger partial charge in [-0.2, -0.15) is 5.26 Å². The molecule has 0 aromatic heterocycles. The van der Waals surface area contributed by atoms with E-state index in [9.17, 15) is 0 Å². The molecule has 1 heterocycles. The van der Waals surface area contributed by atoms with Crippen molar-refractivity contribution in [1.29, 1.82) is 5.26 Å². The largest absolute Gasteiger partial charge is 0.370 e. The monoisotopic (exact) mass is 246 g/mol. The highest BCUT2D eigenvalue weighted by molar-refractivity contribution is 6.33. The zero-order valence-electron chi connectivity index (χ0n) is 9.69. The molecule has 0 radical (unpaired) electrons. The average Bonchev–Trinajstić information content (AvgIpc) is 2.89. The molecule has 2 nitrogen and oxygen atoms in total. The van der Waals surface area contributed by atoms with E-state index < -0.39 is 0 Å². The second-order valence-electron chi connectivity index (χ2n) is 5.13. The summed E-state index contributed by atoms with van der Waals surface area (Å²) in [7, 11) is 0. The molecule has 1 saturated heterocycles. The van der Waals surface area contributed by atoms with E-state index in [2.05, 4.69) is 11.0 Å². The van der Waals surface area contributed by atoms with E-state index in [4.69, 9.17) is 16.9 Å². The summed E-state index contributed by atoms with van der Waals surface area (Å²) in [5.41, 5.74) is 1.73. The number of hydrogen-bond acceptors (Lipinski definition) is 2. The summed E-state index contributed by atoms with van der Waals surface area (Å²) < 4.78 is 0. The Morgan fingerprint density at radius 3 is 2.53 bits per heavy atom. The third-order valence-electron chi connectivity index (χ3n) is 4.14. The van der Waals surface area contributed by atoms with Gasteiger partial charge in [0.25, 0.3) is 0 Å². The molecule has 1 aromatic carbocycles. The van der Waals surface area contributed by atoms with Gasteiger partial charge in [0.05, 0.1) is 22.3 Å². The molecule has 0 N–H and O–H groups in total. The molecule has 0 amide bonds. The first-order chi connectivity index (χ1) is 8.28. The number of benzene rings is 1. The van der Waals surface area contributed by atoms with Gasteiger partial charge in [-0.25, -0.2) is 0 Å². The smallest absolute Gasteiger partial charge is 0.0992 e. The van der Waals surface area contributed by atoms with Crippen molar-refractivity contribution in [3.05, 3.63) is 28.8 Å². The Kier molecular flexibility index (Phi) is 2.72. The van der Waals surface area contributed by atoms with Gasteiger partial charge >= 0.3 is 0 Å².